The average molecular weight is 273 g/mol. The van der Waals surface area contributed by atoms with Crippen LogP contribution in [0, 0.1) is 0 Å². The fourth-order valence-corrected chi connectivity index (χ4v) is 2.76. The first-order valence-electron chi connectivity index (χ1n) is 7.56. The van der Waals surface area contributed by atoms with Crippen LogP contribution in [-0.4, -0.2) is 16.7 Å². The van der Waals surface area contributed by atoms with Gasteiger partial charge >= 0.3 is 0 Å². The number of aromatic nitrogens is 2. The molecule has 2 N–H and O–H groups in total. The lowest BCUT2D eigenvalue weighted by Gasteiger charge is -2.13. The number of imidazole rings is 1. The molecule has 0 bridgehead atoms. The van der Waals surface area contributed by atoms with Crippen LogP contribution in [-0.2, 0) is 0 Å². The number of nitrogens with two attached hydrogens (primary N) is 1. The normalized spacial score (nSPS) is 16.6. The Bertz CT molecular complexity index is 601. The zero-order valence-electron chi connectivity index (χ0n) is 12.3. The molecule has 4 heteroatoms. The largest absolute Gasteiger partial charge is 0.497 e. The van der Waals surface area contributed by atoms with E-state index < -0.39 is 0 Å². The molecule has 1 saturated carbocycles. The Kier molecular flexibility index (Phi) is 3.66. The van der Waals surface area contributed by atoms with Gasteiger partial charge in [0, 0.05) is 12.1 Å². The molecule has 0 saturated heterocycles. The van der Waals surface area contributed by atoms with Crippen molar-refractivity contribution in [2.75, 3.05) is 7.11 Å². The molecule has 4 nitrogen and oxygen atoms in total. The third kappa shape index (κ3) is 2.40. The van der Waals surface area contributed by atoms with Crippen LogP contribution >= 0.6 is 0 Å². The van der Waals surface area contributed by atoms with Gasteiger partial charge in [0.2, 0.25) is 0 Å². The molecule has 0 spiro atoms. The van der Waals surface area contributed by atoms with Crippen molar-refractivity contribution in [2.45, 2.75) is 51.1 Å². The second kappa shape index (κ2) is 5.44. The maximum atomic E-state index is 6.37. The molecule has 20 heavy (non-hydrogen) atoms. The van der Waals surface area contributed by atoms with Gasteiger partial charge in [0.25, 0.3) is 0 Å². The molecule has 0 aliphatic heterocycles. The molecule has 108 valence electrons. The second-order valence-electron chi connectivity index (χ2n) is 5.67. The van der Waals surface area contributed by atoms with E-state index in [1.54, 1.807) is 7.11 Å². The molecule has 1 heterocycles. The summed E-state index contributed by atoms with van der Waals surface area (Å²) >= 11 is 0. The van der Waals surface area contributed by atoms with E-state index in [1.165, 1.54) is 24.8 Å². The molecule has 2 aromatic rings. The summed E-state index contributed by atoms with van der Waals surface area (Å²) in [6, 6.07) is 6.74. The Morgan fingerprint density at radius 2 is 2.25 bits per heavy atom. The summed E-state index contributed by atoms with van der Waals surface area (Å²) in [5.41, 5.74) is 8.56. The molecule has 1 aliphatic rings. The summed E-state index contributed by atoms with van der Waals surface area (Å²) in [6.45, 7) is 2.20. The molecule has 0 radical (unpaired) electrons. The zero-order valence-corrected chi connectivity index (χ0v) is 12.3. The Hall–Kier alpha value is -1.55. The van der Waals surface area contributed by atoms with E-state index in [2.05, 4.69) is 17.6 Å². The number of hydrogen-bond acceptors (Lipinski definition) is 3. The topological polar surface area (TPSA) is 53.1 Å². The van der Waals surface area contributed by atoms with Crippen LogP contribution in [0.4, 0.5) is 0 Å². The number of unbranched alkanes of at least 4 members (excludes halogenated alkanes) is 1. The first-order chi connectivity index (χ1) is 9.74. The predicted molar refractivity (Wildman–Crippen MR) is 81.0 cm³/mol. The molecular formula is C16H23N3O. The van der Waals surface area contributed by atoms with E-state index in [1.807, 2.05) is 12.1 Å². The molecule has 1 fully saturated rings. The Balaban J connectivity index is 2.03. The van der Waals surface area contributed by atoms with Gasteiger partial charge < -0.3 is 15.0 Å². The van der Waals surface area contributed by atoms with Crippen molar-refractivity contribution in [1.29, 1.82) is 0 Å². The highest BCUT2D eigenvalue weighted by Crippen LogP contribution is 2.40. The minimum absolute atomic E-state index is 0.0361. The summed E-state index contributed by atoms with van der Waals surface area (Å²) in [7, 11) is 1.69. The average Bonchev–Trinajstić information content (AvgIpc) is 3.24. The molecule has 1 atom stereocenters. The van der Waals surface area contributed by atoms with Crippen molar-refractivity contribution in [1.82, 2.24) is 9.55 Å². The fraction of sp³-hybridized carbons (Fsp3) is 0.562. The second-order valence-corrected chi connectivity index (χ2v) is 5.67. The molecule has 1 unspecified atom stereocenters. The van der Waals surface area contributed by atoms with Crippen LogP contribution in [0.1, 0.15) is 56.9 Å². The fourth-order valence-electron chi connectivity index (χ4n) is 2.76. The van der Waals surface area contributed by atoms with E-state index in [-0.39, 0.29) is 6.04 Å². The first kappa shape index (κ1) is 13.4. The van der Waals surface area contributed by atoms with E-state index >= 15 is 0 Å². The van der Waals surface area contributed by atoms with Crippen LogP contribution in [0.5, 0.6) is 5.75 Å². The number of ether oxygens (including phenoxy) is 1. The maximum absolute atomic E-state index is 6.37. The third-order valence-electron chi connectivity index (χ3n) is 4.04. The van der Waals surface area contributed by atoms with Crippen molar-refractivity contribution >= 4 is 11.0 Å². The Labute approximate surface area is 119 Å². The Morgan fingerprint density at radius 3 is 2.90 bits per heavy atom. The lowest BCUT2D eigenvalue weighted by atomic mass is 10.1. The molecule has 3 rings (SSSR count). The van der Waals surface area contributed by atoms with Gasteiger partial charge in [0.15, 0.2) is 0 Å². The zero-order chi connectivity index (χ0) is 14.1. The monoisotopic (exact) mass is 273 g/mol. The standard InChI is InChI=1S/C16H23N3O/c1-3-4-5-13(17)16-18-14-10-12(20-2)8-9-15(14)19(16)11-6-7-11/h8-11,13H,3-7,17H2,1-2H3. The highest BCUT2D eigenvalue weighted by atomic mass is 16.5. The number of rotatable bonds is 6. The maximum Gasteiger partial charge on any atom is 0.127 e. The van der Waals surface area contributed by atoms with Gasteiger partial charge in [-0.15, -0.1) is 0 Å². The van der Waals surface area contributed by atoms with Crippen molar-refractivity contribution < 1.29 is 4.74 Å². The highest BCUT2D eigenvalue weighted by molar-refractivity contribution is 5.78. The van der Waals surface area contributed by atoms with Gasteiger partial charge in [0.05, 0.1) is 24.2 Å². The SMILES string of the molecule is CCCCC(N)c1nc2cc(OC)ccc2n1C1CC1. The van der Waals surface area contributed by atoms with Crippen LogP contribution in [0.25, 0.3) is 11.0 Å². The highest BCUT2D eigenvalue weighted by Gasteiger charge is 2.29. The van der Waals surface area contributed by atoms with Gasteiger partial charge in [-0.1, -0.05) is 19.8 Å². The summed E-state index contributed by atoms with van der Waals surface area (Å²) in [6.07, 6.45) is 5.81. The lowest BCUT2D eigenvalue weighted by molar-refractivity contribution is 0.415. The molecular weight excluding hydrogens is 250 g/mol. The van der Waals surface area contributed by atoms with Crippen molar-refractivity contribution in [2.24, 2.45) is 5.73 Å². The summed E-state index contributed by atoms with van der Waals surface area (Å²) in [4.78, 5) is 4.79. The Morgan fingerprint density at radius 1 is 1.45 bits per heavy atom. The van der Waals surface area contributed by atoms with Gasteiger partial charge in [-0.2, -0.15) is 0 Å². The van der Waals surface area contributed by atoms with Gasteiger partial charge in [0.1, 0.15) is 11.6 Å². The summed E-state index contributed by atoms with van der Waals surface area (Å²) < 4.78 is 7.65. The number of hydrogen-bond donors (Lipinski definition) is 1. The minimum Gasteiger partial charge on any atom is -0.497 e. The van der Waals surface area contributed by atoms with Crippen LogP contribution in [0.15, 0.2) is 18.2 Å². The van der Waals surface area contributed by atoms with Gasteiger partial charge in [-0.05, 0) is 31.4 Å². The molecule has 1 aliphatic carbocycles. The van der Waals surface area contributed by atoms with Crippen molar-refractivity contribution in [3.05, 3.63) is 24.0 Å². The quantitative estimate of drug-likeness (QED) is 0.875. The van der Waals surface area contributed by atoms with Crippen LogP contribution < -0.4 is 10.5 Å². The van der Waals surface area contributed by atoms with E-state index in [9.17, 15) is 0 Å². The predicted octanol–water partition coefficient (Wildman–Crippen LogP) is 3.57. The smallest absolute Gasteiger partial charge is 0.127 e. The number of nitrogens with zero attached hydrogens (tertiary/aromatic N) is 2. The molecule has 0 amide bonds. The lowest BCUT2D eigenvalue weighted by Crippen LogP contribution is -2.16. The van der Waals surface area contributed by atoms with E-state index in [4.69, 9.17) is 15.5 Å². The minimum atomic E-state index is 0.0361. The van der Waals surface area contributed by atoms with Crippen LogP contribution in [0.3, 0.4) is 0 Å². The van der Waals surface area contributed by atoms with Crippen molar-refractivity contribution in [3.63, 3.8) is 0 Å². The van der Waals surface area contributed by atoms with Crippen LogP contribution in [0.2, 0.25) is 0 Å². The summed E-state index contributed by atoms with van der Waals surface area (Å²) in [5.74, 6) is 1.90. The third-order valence-corrected chi connectivity index (χ3v) is 4.04. The first-order valence-corrected chi connectivity index (χ1v) is 7.56. The summed E-state index contributed by atoms with van der Waals surface area (Å²) in [5, 5.41) is 0. The number of benzene rings is 1. The molecule has 1 aromatic carbocycles. The van der Waals surface area contributed by atoms with Crippen molar-refractivity contribution in [3.8, 4) is 5.75 Å². The molecule has 1 aromatic heterocycles. The van der Waals surface area contributed by atoms with Gasteiger partial charge in [-0.3, -0.25) is 0 Å². The number of fused-ring (bicyclic) bond motifs is 1. The van der Waals surface area contributed by atoms with E-state index in [0.717, 1.165) is 29.9 Å². The van der Waals surface area contributed by atoms with Gasteiger partial charge in [-0.25, -0.2) is 4.98 Å². The van der Waals surface area contributed by atoms with E-state index in [0.29, 0.717) is 6.04 Å². The number of methoxy groups -OCH3 is 1.